The van der Waals surface area contributed by atoms with Crippen molar-refractivity contribution in [2.45, 2.75) is 12.6 Å². The van der Waals surface area contributed by atoms with Gasteiger partial charge in [-0.25, -0.2) is 9.78 Å². The number of aromatic nitrogens is 2. The molecule has 10 heteroatoms. The van der Waals surface area contributed by atoms with E-state index in [1.807, 2.05) is 0 Å². The summed E-state index contributed by atoms with van der Waals surface area (Å²) >= 11 is 1.30. The Bertz CT molecular complexity index is 827. The Labute approximate surface area is 140 Å². The maximum absolute atomic E-state index is 12.3. The molecule has 2 aromatic heterocycles. The van der Waals surface area contributed by atoms with Crippen molar-refractivity contribution in [1.82, 2.24) is 19.8 Å². The van der Waals surface area contributed by atoms with Crippen molar-refractivity contribution in [3.8, 4) is 5.69 Å². The number of carbonyl (C=O) groups excluding carboxylic acids is 2. The fraction of sp³-hybridized carbons (Fsp3) is 0.286. The Kier molecular flexibility index (Phi) is 4.08. The number of carbonyl (C=O) groups is 3. The number of aliphatic hydroxyl groups is 1. The summed E-state index contributed by atoms with van der Waals surface area (Å²) in [5.74, 6) is -2.22. The van der Waals surface area contributed by atoms with Crippen LogP contribution in [0.25, 0.3) is 5.69 Å². The summed E-state index contributed by atoms with van der Waals surface area (Å²) in [6.45, 7) is -0.579. The molecule has 0 aliphatic carbocycles. The highest BCUT2D eigenvalue weighted by Crippen LogP contribution is 2.29. The van der Waals surface area contributed by atoms with Gasteiger partial charge in [-0.05, 0) is 11.4 Å². The monoisotopic (exact) mass is 350 g/mol. The molecule has 0 spiro atoms. The minimum atomic E-state index is -1.42. The quantitative estimate of drug-likeness (QED) is 0.695. The molecule has 1 aliphatic heterocycles. The molecule has 3 N–H and O–H groups in total. The normalized spacial score (nSPS) is 14.6. The van der Waals surface area contributed by atoms with Crippen LogP contribution in [0.3, 0.4) is 0 Å². The van der Waals surface area contributed by atoms with Crippen LogP contribution < -0.4 is 5.32 Å². The maximum Gasteiger partial charge on any atom is 0.328 e. The predicted octanol–water partition coefficient (Wildman–Crippen LogP) is -0.305. The Morgan fingerprint density at radius 2 is 2.25 bits per heavy atom. The van der Waals surface area contributed by atoms with Crippen molar-refractivity contribution in [3.05, 3.63) is 34.0 Å². The molecule has 3 rings (SSSR count). The van der Waals surface area contributed by atoms with E-state index >= 15 is 0 Å². The van der Waals surface area contributed by atoms with Gasteiger partial charge in [0.05, 0.1) is 24.5 Å². The van der Waals surface area contributed by atoms with Crippen LogP contribution in [0.2, 0.25) is 0 Å². The van der Waals surface area contributed by atoms with E-state index in [4.69, 9.17) is 10.2 Å². The zero-order chi connectivity index (χ0) is 17.4. The van der Waals surface area contributed by atoms with Gasteiger partial charge in [0.2, 0.25) is 0 Å². The van der Waals surface area contributed by atoms with Gasteiger partial charge in [-0.1, -0.05) is 0 Å². The molecule has 0 saturated carbocycles. The van der Waals surface area contributed by atoms with Gasteiger partial charge in [0.1, 0.15) is 11.2 Å². The van der Waals surface area contributed by atoms with E-state index in [0.29, 0.717) is 16.3 Å². The van der Waals surface area contributed by atoms with Crippen LogP contribution in [0.1, 0.15) is 25.9 Å². The molecule has 0 aromatic carbocycles. The van der Waals surface area contributed by atoms with Crippen molar-refractivity contribution in [1.29, 1.82) is 0 Å². The van der Waals surface area contributed by atoms with Gasteiger partial charge in [-0.15, -0.1) is 11.3 Å². The smallest absolute Gasteiger partial charge is 0.328 e. The van der Waals surface area contributed by atoms with Crippen molar-refractivity contribution in [3.63, 3.8) is 0 Å². The summed E-state index contributed by atoms with van der Waals surface area (Å²) < 4.78 is 1.65. The number of amides is 2. The summed E-state index contributed by atoms with van der Waals surface area (Å²) in [6.07, 6.45) is 1.43. The fourth-order valence-electron chi connectivity index (χ4n) is 2.46. The van der Waals surface area contributed by atoms with E-state index in [-0.39, 0.29) is 18.1 Å². The number of hydrogen-bond donors (Lipinski definition) is 3. The average molecular weight is 350 g/mol. The second kappa shape index (κ2) is 6.06. The van der Waals surface area contributed by atoms with Gasteiger partial charge >= 0.3 is 5.97 Å². The van der Waals surface area contributed by atoms with Crippen LogP contribution in [-0.4, -0.2) is 62.1 Å². The lowest BCUT2D eigenvalue weighted by Crippen LogP contribution is -2.43. The Morgan fingerprint density at radius 1 is 1.50 bits per heavy atom. The first-order valence-electron chi connectivity index (χ1n) is 6.98. The minimum Gasteiger partial charge on any atom is -0.480 e. The largest absolute Gasteiger partial charge is 0.480 e. The fourth-order valence-corrected chi connectivity index (χ4v) is 3.33. The first-order valence-corrected chi connectivity index (χ1v) is 7.86. The van der Waals surface area contributed by atoms with E-state index in [1.54, 1.807) is 23.1 Å². The van der Waals surface area contributed by atoms with Crippen LogP contribution in [0, 0.1) is 0 Å². The van der Waals surface area contributed by atoms with Gasteiger partial charge in [-0.3, -0.25) is 14.2 Å². The number of carboxylic acid groups (broad SMARTS) is 1. The number of rotatable bonds is 4. The SMILES string of the molecule is CN1Cc2c(C(=O)N[C@@H](CO)C(=O)O)ncn2-c2ccsc2C1=O. The first-order chi connectivity index (χ1) is 11.4. The Hall–Kier alpha value is -2.72. The van der Waals surface area contributed by atoms with Crippen LogP contribution in [0.15, 0.2) is 17.8 Å². The zero-order valence-electron chi connectivity index (χ0n) is 12.6. The molecule has 2 aromatic rings. The second-order valence-corrected chi connectivity index (χ2v) is 6.17. The molecule has 0 radical (unpaired) electrons. The predicted molar refractivity (Wildman–Crippen MR) is 83.2 cm³/mol. The number of nitrogens with zero attached hydrogens (tertiary/aromatic N) is 3. The number of aliphatic hydroxyl groups excluding tert-OH is 1. The average Bonchev–Trinajstić information content (AvgIpc) is 3.15. The number of thiophene rings is 1. The standard InChI is InChI=1S/C14H14N4O5S/c1-17-4-9-10(12(20)16-7(5-19)14(22)23)15-6-18(9)8-2-3-24-11(8)13(17)21/h2-3,6-7,19H,4-5H2,1H3,(H,16,20)(H,22,23)/t7-/m0/s1. The maximum atomic E-state index is 12.3. The molecule has 1 atom stereocenters. The third-order valence-corrected chi connectivity index (χ3v) is 4.59. The molecule has 0 unspecified atom stereocenters. The number of nitrogens with one attached hydrogen (secondary N) is 1. The summed E-state index contributed by atoms with van der Waals surface area (Å²) in [5, 5.41) is 22.0. The molecular formula is C14H14N4O5S. The summed E-state index contributed by atoms with van der Waals surface area (Å²) in [7, 11) is 1.62. The lowest BCUT2D eigenvalue weighted by molar-refractivity contribution is -0.140. The Morgan fingerprint density at radius 3 is 2.92 bits per heavy atom. The lowest BCUT2D eigenvalue weighted by Gasteiger charge is -2.15. The van der Waals surface area contributed by atoms with Crippen LogP contribution in [0.5, 0.6) is 0 Å². The highest BCUT2D eigenvalue weighted by atomic mass is 32.1. The molecule has 126 valence electrons. The van der Waals surface area contributed by atoms with E-state index in [9.17, 15) is 14.4 Å². The molecule has 0 saturated heterocycles. The van der Waals surface area contributed by atoms with E-state index in [2.05, 4.69) is 10.3 Å². The van der Waals surface area contributed by atoms with Crippen LogP contribution in [0.4, 0.5) is 0 Å². The van der Waals surface area contributed by atoms with Crippen LogP contribution in [-0.2, 0) is 11.3 Å². The minimum absolute atomic E-state index is 0.0217. The summed E-state index contributed by atoms with van der Waals surface area (Å²) in [6, 6.07) is 0.342. The number of carboxylic acids is 1. The molecule has 1 aliphatic rings. The first kappa shape index (κ1) is 16.1. The van der Waals surface area contributed by atoms with Crippen molar-refractivity contribution < 1.29 is 24.6 Å². The second-order valence-electron chi connectivity index (χ2n) is 5.25. The molecule has 9 nitrogen and oxygen atoms in total. The van der Waals surface area contributed by atoms with Crippen molar-refractivity contribution in [2.24, 2.45) is 0 Å². The highest BCUT2D eigenvalue weighted by Gasteiger charge is 2.30. The summed E-state index contributed by atoms with van der Waals surface area (Å²) in [5.41, 5.74) is 1.13. The third-order valence-electron chi connectivity index (χ3n) is 3.70. The number of imidazole rings is 1. The third kappa shape index (κ3) is 2.55. The van der Waals surface area contributed by atoms with Gasteiger partial charge in [0, 0.05) is 7.05 Å². The van der Waals surface area contributed by atoms with Crippen molar-refractivity contribution >= 4 is 29.1 Å². The van der Waals surface area contributed by atoms with Crippen molar-refractivity contribution in [2.75, 3.05) is 13.7 Å². The molecule has 0 bridgehead atoms. The van der Waals surface area contributed by atoms with E-state index in [1.165, 1.54) is 22.6 Å². The highest BCUT2D eigenvalue weighted by molar-refractivity contribution is 7.12. The number of fused-ring (bicyclic) bond motifs is 3. The van der Waals surface area contributed by atoms with Gasteiger partial charge in [0.15, 0.2) is 11.7 Å². The molecule has 3 heterocycles. The molecular weight excluding hydrogens is 336 g/mol. The van der Waals surface area contributed by atoms with E-state index in [0.717, 1.165) is 0 Å². The topological polar surface area (TPSA) is 125 Å². The van der Waals surface area contributed by atoms with Gasteiger partial charge in [0.25, 0.3) is 11.8 Å². The lowest BCUT2D eigenvalue weighted by atomic mass is 10.2. The zero-order valence-corrected chi connectivity index (χ0v) is 13.4. The number of hydrogen-bond acceptors (Lipinski definition) is 6. The Balaban J connectivity index is 2.00. The van der Waals surface area contributed by atoms with Gasteiger partial charge < -0.3 is 20.4 Å². The van der Waals surface area contributed by atoms with E-state index < -0.39 is 24.5 Å². The number of aliphatic carboxylic acids is 1. The van der Waals surface area contributed by atoms with Crippen LogP contribution >= 0.6 is 11.3 Å². The molecule has 0 fully saturated rings. The van der Waals surface area contributed by atoms with Gasteiger partial charge in [-0.2, -0.15) is 0 Å². The summed E-state index contributed by atoms with van der Waals surface area (Å²) in [4.78, 5) is 41.7. The molecule has 24 heavy (non-hydrogen) atoms. The molecule has 2 amide bonds.